The molecule has 0 spiro atoms. The fraction of sp³-hybridized carbons (Fsp3) is 0.111. The number of carboxylic acids is 1. The molecule has 0 saturated carbocycles. The van der Waals surface area contributed by atoms with Gasteiger partial charge >= 0.3 is 12.1 Å². The van der Waals surface area contributed by atoms with Crippen LogP contribution in [0.5, 0.6) is 0 Å². The number of rotatable bonds is 1. The second-order valence-electron chi connectivity index (χ2n) is 3.20. The highest BCUT2D eigenvalue weighted by Crippen LogP contribution is 2.35. The number of carboxylic acid groups (broad SMARTS) is 1. The molecule has 0 saturated heterocycles. The van der Waals surface area contributed by atoms with Crippen molar-refractivity contribution in [2.75, 3.05) is 0 Å². The lowest BCUT2D eigenvalue weighted by Crippen LogP contribution is -2.10. The SMILES string of the molecule is O=C(O)c1cn2ccc(I)c(C(F)(F)F)c2n1. The van der Waals surface area contributed by atoms with Crippen molar-refractivity contribution in [1.29, 1.82) is 0 Å². The highest BCUT2D eigenvalue weighted by atomic mass is 127. The Labute approximate surface area is 106 Å². The van der Waals surface area contributed by atoms with Gasteiger partial charge in [-0.1, -0.05) is 0 Å². The van der Waals surface area contributed by atoms with Crippen molar-refractivity contribution >= 4 is 34.2 Å². The number of imidazole rings is 1. The normalized spacial score (nSPS) is 12.0. The molecular weight excluding hydrogens is 352 g/mol. The van der Waals surface area contributed by atoms with E-state index in [1.54, 1.807) is 0 Å². The minimum Gasteiger partial charge on any atom is -0.476 e. The molecule has 2 rings (SSSR count). The van der Waals surface area contributed by atoms with E-state index in [-0.39, 0.29) is 3.57 Å². The van der Waals surface area contributed by atoms with Gasteiger partial charge in [0.25, 0.3) is 0 Å². The third-order valence-electron chi connectivity index (χ3n) is 2.08. The van der Waals surface area contributed by atoms with Crippen LogP contribution in [0.3, 0.4) is 0 Å². The number of pyridine rings is 1. The molecule has 8 heteroatoms. The van der Waals surface area contributed by atoms with Crippen LogP contribution in [-0.2, 0) is 6.18 Å². The van der Waals surface area contributed by atoms with Gasteiger partial charge in [0.05, 0.1) is 0 Å². The lowest BCUT2D eigenvalue weighted by atomic mass is 10.2. The quantitative estimate of drug-likeness (QED) is 0.800. The maximum absolute atomic E-state index is 12.8. The van der Waals surface area contributed by atoms with Gasteiger partial charge in [0, 0.05) is 16.0 Å². The Balaban J connectivity index is 2.81. The molecule has 0 aromatic carbocycles. The van der Waals surface area contributed by atoms with Crippen LogP contribution in [0.4, 0.5) is 13.2 Å². The molecule has 0 aliphatic heterocycles. The fourth-order valence-corrected chi connectivity index (χ4v) is 2.10. The smallest absolute Gasteiger partial charge is 0.421 e. The minimum absolute atomic E-state index is 0.0230. The van der Waals surface area contributed by atoms with Crippen molar-refractivity contribution in [3.8, 4) is 0 Å². The fourth-order valence-electron chi connectivity index (χ4n) is 1.39. The van der Waals surface area contributed by atoms with Crippen molar-refractivity contribution in [2.24, 2.45) is 0 Å². The first kappa shape index (κ1) is 12.1. The molecule has 0 fully saturated rings. The zero-order chi connectivity index (χ0) is 12.8. The molecule has 0 radical (unpaired) electrons. The van der Waals surface area contributed by atoms with Gasteiger partial charge in [0.2, 0.25) is 0 Å². The standard InChI is InChI=1S/C9H4F3IN2O2/c10-9(11,12)6-4(13)1-2-15-3-5(8(16)17)14-7(6)15/h1-3H,(H,16,17). The summed E-state index contributed by atoms with van der Waals surface area (Å²) in [5.74, 6) is -1.36. The average Bonchev–Trinajstić information content (AvgIpc) is 2.58. The van der Waals surface area contributed by atoms with E-state index in [9.17, 15) is 18.0 Å². The van der Waals surface area contributed by atoms with Gasteiger partial charge in [0.1, 0.15) is 5.56 Å². The van der Waals surface area contributed by atoms with E-state index in [0.717, 1.165) is 10.6 Å². The Bertz CT molecular complexity index is 606. The molecule has 0 bridgehead atoms. The maximum Gasteiger partial charge on any atom is 0.421 e. The summed E-state index contributed by atoms with van der Waals surface area (Å²) in [5.41, 5.74) is -1.74. The lowest BCUT2D eigenvalue weighted by molar-refractivity contribution is -0.137. The van der Waals surface area contributed by atoms with Crippen LogP contribution in [0.1, 0.15) is 16.1 Å². The number of nitrogens with zero attached hydrogens (tertiary/aromatic N) is 2. The first-order valence-electron chi connectivity index (χ1n) is 4.28. The average molecular weight is 356 g/mol. The van der Waals surface area contributed by atoms with Crippen LogP contribution in [0, 0.1) is 3.57 Å². The molecule has 1 N–H and O–H groups in total. The number of halogens is 4. The Morgan fingerprint density at radius 2 is 2.12 bits per heavy atom. The van der Waals surface area contributed by atoms with Crippen LogP contribution in [0.15, 0.2) is 18.5 Å². The number of hydrogen-bond donors (Lipinski definition) is 1. The first-order valence-corrected chi connectivity index (χ1v) is 5.36. The molecule has 4 nitrogen and oxygen atoms in total. The topological polar surface area (TPSA) is 54.6 Å². The number of hydrogen-bond acceptors (Lipinski definition) is 2. The molecule has 0 unspecified atom stereocenters. The first-order chi connectivity index (χ1) is 7.80. The molecule has 2 aromatic rings. The van der Waals surface area contributed by atoms with Crippen LogP contribution in [0.2, 0.25) is 0 Å². The largest absolute Gasteiger partial charge is 0.476 e. The van der Waals surface area contributed by atoms with Gasteiger partial charge in [-0.15, -0.1) is 0 Å². The van der Waals surface area contributed by atoms with Crippen LogP contribution < -0.4 is 0 Å². The Hall–Kier alpha value is -1.32. The zero-order valence-electron chi connectivity index (χ0n) is 7.99. The van der Waals surface area contributed by atoms with Gasteiger partial charge in [-0.25, -0.2) is 9.78 Å². The second kappa shape index (κ2) is 3.86. The molecule has 90 valence electrons. The zero-order valence-corrected chi connectivity index (χ0v) is 10.2. The molecule has 0 aliphatic carbocycles. The van der Waals surface area contributed by atoms with E-state index in [1.807, 2.05) is 0 Å². The van der Waals surface area contributed by atoms with Gasteiger partial charge in [-0.05, 0) is 28.7 Å². The summed E-state index contributed by atoms with van der Waals surface area (Å²) in [5, 5.41) is 8.69. The summed E-state index contributed by atoms with van der Waals surface area (Å²) in [6, 6.07) is 1.25. The van der Waals surface area contributed by atoms with E-state index in [4.69, 9.17) is 5.11 Å². The van der Waals surface area contributed by atoms with Crippen molar-refractivity contribution in [1.82, 2.24) is 9.38 Å². The van der Waals surface area contributed by atoms with E-state index in [0.29, 0.717) is 0 Å². The van der Waals surface area contributed by atoms with Crippen molar-refractivity contribution in [3.63, 3.8) is 0 Å². The number of aromatic nitrogens is 2. The third kappa shape index (κ3) is 2.08. The summed E-state index contributed by atoms with van der Waals surface area (Å²) in [6.45, 7) is 0. The van der Waals surface area contributed by atoms with Gasteiger partial charge in [0.15, 0.2) is 11.3 Å². The summed E-state index contributed by atoms with van der Waals surface area (Å²) in [7, 11) is 0. The highest BCUT2D eigenvalue weighted by molar-refractivity contribution is 14.1. The molecule has 0 aliphatic rings. The number of carbonyl (C=O) groups is 1. The Morgan fingerprint density at radius 3 is 2.65 bits per heavy atom. The van der Waals surface area contributed by atoms with Gasteiger partial charge < -0.3 is 9.51 Å². The summed E-state index contributed by atoms with van der Waals surface area (Å²) in [6.07, 6.45) is -2.19. The van der Waals surface area contributed by atoms with E-state index >= 15 is 0 Å². The molecule has 0 amide bonds. The van der Waals surface area contributed by atoms with Crippen LogP contribution in [-0.4, -0.2) is 20.5 Å². The monoisotopic (exact) mass is 356 g/mol. The minimum atomic E-state index is -4.57. The van der Waals surface area contributed by atoms with Crippen molar-refractivity contribution in [2.45, 2.75) is 6.18 Å². The predicted molar refractivity (Wildman–Crippen MR) is 59.9 cm³/mol. The number of aromatic carboxylic acids is 1. The van der Waals surface area contributed by atoms with E-state index < -0.39 is 29.1 Å². The van der Waals surface area contributed by atoms with Gasteiger partial charge in [-0.2, -0.15) is 13.2 Å². The molecule has 0 atom stereocenters. The molecule has 2 heterocycles. The molecule has 17 heavy (non-hydrogen) atoms. The predicted octanol–water partition coefficient (Wildman–Crippen LogP) is 2.66. The van der Waals surface area contributed by atoms with Crippen LogP contribution in [0.25, 0.3) is 5.65 Å². The Morgan fingerprint density at radius 1 is 1.47 bits per heavy atom. The molecular formula is C9H4F3IN2O2. The highest BCUT2D eigenvalue weighted by Gasteiger charge is 2.36. The summed E-state index contributed by atoms with van der Waals surface area (Å²) < 4.78 is 39.4. The third-order valence-corrected chi connectivity index (χ3v) is 2.98. The van der Waals surface area contributed by atoms with E-state index in [1.165, 1.54) is 34.9 Å². The second-order valence-corrected chi connectivity index (χ2v) is 4.36. The summed E-state index contributed by atoms with van der Waals surface area (Å²) >= 11 is 1.54. The van der Waals surface area contributed by atoms with Crippen molar-refractivity contribution in [3.05, 3.63) is 33.3 Å². The van der Waals surface area contributed by atoms with Gasteiger partial charge in [-0.3, -0.25) is 0 Å². The lowest BCUT2D eigenvalue weighted by Gasteiger charge is -2.09. The summed E-state index contributed by atoms with van der Waals surface area (Å²) in [4.78, 5) is 14.1. The molecule has 2 aromatic heterocycles. The number of fused-ring (bicyclic) bond motifs is 1. The maximum atomic E-state index is 12.8. The van der Waals surface area contributed by atoms with Crippen LogP contribution >= 0.6 is 22.6 Å². The number of alkyl halides is 3. The van der Waals surface area contributed by atoms with Crippen molar-refractivity contribution < 1.29 is 23.1 Å². The Kier molecular flexibility index (Phi) is 2.76. The van der Waals surface area contributed by atoms with E-state index in [2.05, 4.69) is 4.98 Å².